The summed E-state index contributed by atoms with van der Waals surface area (Å²) in [7, 11) is 1.84. The van der Waals surface area contributed by atoms with Crippen LogP contribution in [0.5, 0.6) is 0 Å². The summed E-state index contributed by atoms with van der Waals surface area (Å²) in [6.07, 6.45) is 5.37. The van der Waals surface area contributed by atoms with Gasteiger partial charge in [0.05, 0.1) is 12.1 Å². The van der Waals surface area contributed by atoms with E-state index in [0.717, 1.165) is 36.8 Å². The normalized spacial score (nSPS) is 13.8. The van der Waals surface area contributed by atoms with E-state index in [2.05, 4.69) is 11.4 Å². The second kappa shape index (κ2) is 8.43. The van der Waals surface area contributed by atoms with Gasteiger partial charge in [0.15, 0.2) is 0 Å². The van der Waals surface area contributed by atoms with E-state index >= 15 is 0 Å². The van der Waals surface area contributed by atoms with Crippen molar-refractivity contribution in [2.75, 3.05) is 18.9 Å². The molecule has 136 valence electrons. The Balaban J connectivity index is 1.63. The van der Waals surface area contributed by atoms with Crippen LogP contribution in [0.3, 0.4) is 0 Å². The smallest absolute Gasteiger partial charge is 0.239 e. The van der Waals surface area contributed by atoms with Crippen LogP contribution in [0, 0.1) is 17.1 Å². The number of hydrogen-bond donors (Lipinski definition) is 1. The molecule has 0 fully saturated rings. The molecule has 1 aromatic carbocycles. The molecule has 3 rings (SSSR count). The lowest BCUT2D eigenvalue weighted by Crippen LogP contribution is -2.29. The lowest BCUT2D eigenvalue weighted by Gasteiger charge is -2.16. The van der Waals surface area contributed by atoms with Crippen molar-refractivity contribution in [1.82, 2.24) is 4.90 Å². The molecular formula is C20H22FN3OS. The lowest BCUT2D eigenvalue weighted by atomic mass is 10.1. The summed E-state index contributed by atoms with van der Waals surface area (Å²) < 4.78 is 13.0. The van der Waals surface area contributed by atoms with Crippen LogP contribution in [0.15, 0.2) is 24.3 Å². The largest absolute Gasteiger partial charge is 0.315 e. The number of anilines is 1. The van der Waals surface area contributed by atoms with Crippen LogP contribution in [-0.2, 0) is 24.2 Å². The summed E-state index contributed by atoms with van der Waals surface area (Å²) in [5.41, 5.74) is 2.72. The topological polar surface area (TPSA) is 56.1 Å². The first-order valence-corrected chi connectivity index (χ1v) is 9.66. The fourth-order valence-electron chi connectivity index (χ4n) is 3.32. The fourth-order valence-corrected chi connectivity index (χ4v) is 4.57. The van der Waals surface area contributed by atoms with Gasteiger partial charge >= 0.3 is 0 Å². The van der Waals surface area contributed by atoms with Crippen molar-refractivity contribution in [3.05, 3.63) is 51.7 Å². The van der Waals surface area contributed by atoms with Gasteiger partial charge in [-0.2, -0.15) is 5.26 Å². The van der Waals surface area contributed by atoms with Crippen molar-refractivity contribution in [3.8, 4) is 6.07 Å². The number of carbonyl (C=O) groups is 1. The summed E-state index contributed by atoms with van der Waals surface area (Å²) in [6.45, 7) is 0.768. The molecule has 1 aliphatic rings. The molecule has 0 saturated carbocycles. The Morgan fingerprint density at radius 3 is 2.73 bits per heavy atom. The number of fused-ring (bicyclic) bond motifs is 1. The second-order valence-corrected chi connectivity index (χ2v) is 7.83. The highest BCUT2D eigenvalue weighted by atomic mass is 32.1. The summed E-state index contributed by atoms with van der Waals surface area (Å²) in [5.74, 6) is -0.404. The number of nitriles is 1. The number of rotatable bonds is 5. The molecule has 0 radical (unpaired) electrons. The van der Waals surface area contributed by atoms with Crippen LogP contribution in [0.1, 0.15) is 40.8 Å². The minimum atomic E-state index is -0.268. The van der Waals surface area contributed by atoms with Crippen LogP contribution in [0.25, 0.3) is 0 Å². The fraction of sp³-hybridized carbons (Fsp3) is 0.400. The summed E-state index contributed by atoms with van der Waals surface area (Å²) in [4.78, 5) is 15.5. The molecule has 2 aromatic rings. The molecule has 0 atom stereocenters. The van der Waals surface area contributed by atoms with Crippen LogP contribution in [0.4, 0.5) is 9.39 Å². The number of thiophene rings is 1. The van der Waals surface area contributed by atoms with Crippen LogP contribution in [0.2, 0.25) is 0 Å². The van der Waals surface area contributed by atoms with E-state index in [1.807, 2.05) is 11.9 Å². The minimum Gasteiger partial charge on any atom is -0.315 e. The second-order valence-electron chi connectivity index (χ2n) is 6.73. The zero-order valence-electron chi connectivity index (χ0n) is 14.8. The number of nitrogens with zero attached hydrogens (tertiary/aromatic N) is 2. The van der Waals surface area contributed by atoms with Crippen molar-refractivity contribution in [1.29, 1.82) is 5.26 Å². The van der Waals surface area contributed by atoms with Crippen molar-refractivity contribution in [2.45, 2.75) is 38.6 Å². The molecule has 1 N–H and O–H groups in total. The maximum absolute atomic E-state index is 13.0. The lowest BCUT2D eigenvalue weighted by molar-refractivity contribution is -0.117. The first-order chi connectivity index (χ1) is 12.6. The highest BCUT2D eigenvalue weighted by Gasteiger charge is 2.21. The Hall–Kier alpha value is -2.23. The van der Waals surface area contributed by atoms with Crippen molar-refractivity contribution >= 4 is 22.2 Å². The van der Waals surface area contributed by atoms with Crippen LogP contribution in [-0.4, -0.2) is 24.4 Å². The van der Waals surface area contributed by atoms with Gasteiger partial charge in [-0.15, -0.1) is 11.3 Å². The molecule has 1 aromatic heterocycles. The molecule has 26 heavy (non-hydrogen) atoms. The van der Waals surface area contributed by atoms with Crippen LogP contribution < -0.4 is 5.32 Å². The highest BCUT2D eigenvalue weighted by Crippen LogP contribution is 2.36. The van der Waals surface area contributed by atoms with E-state index in [1.54, 1.807) is 23.5 Å². The van der Waals surface area contributed by atoms with E-state index in [0.29, 0.717) is 17.1 Å². The molecule has 0 bridgehead atoms. The van der Waals surface area contributed by atoms with Gasteiger partial charge < -0.3 is 5.32 Å². The number of benzene rings is 1. The standard InChI is InChI=1S/C20H22FN3OS/c1-24(12-14-7-9-15(21)10-8-14)13-19(25)23-20-17(11-22)16-5-3-2-4-6-18(16)26-20/h7-10H,2-6,12-13H2,1H3,(H,23,25). The van der Waals surface area contributed by atoms with Gasteiger partial charge in [-0.05, 0) is 56.0 Å². The third kappa shape index (κ3) is 4.48. The predicted octanol–water partition coefficient (Wildman–Crippen LogP) is 4.10. The number of halogens is 1. The van der Waals surface area contributed by atoms with Gasteiger partial charge in [0.1, 0.15) is 16.9 Å². The number of aryl methyl sites for hydroxylation is 1. The quantitative estimate of drug-likeness (QED) is 0.805. The molecule has 0 aliphatic heterocycles. The Bertz CT molecular complexity index is 823. The monoisotopic (exact) mass is 371 g/mol. The number of likely N-dealkylation sites (N-methyl/N-ethyl adjacent to an activating group) is 1. The molecular weight excluding hydrogens is 349 g/mol. The number of carbonyl (C=O) groups excluding carboxylic acids is 1. The van der Waals surface area contributed by atoms with E-state index < -0.39 is 0 Å². The average Bonchev–Trinajstić information content (AvgIpc) is 2.76. The van der Waals surface area contributed by atoms with Gasteiger partial charge in [0.25, 0.3) is 0 Å². The first-order valence-electron chi connectivity index (χ1n) is 8.84. The molecule has 0 saturated heterocycles. The zero-order valence-corrected chi connectivity index (χ0v) is 15.7. The third-order valence-corrected chi connectivity index (χ3v) is 5.77. The van der Waals surface area contributed by atoms with Gasteiger partial charge in [0.2, 0.25) is 5.91 Å². The minimum absolute atomic E-state index is 0.137. The maximum Gasteiger partial charge on any atom is 0.239 e. The molecule has 1 amide bonds. The number of nitrogens with one attached hydrogen (secondary N) is 1. The summed E-state index contributed by atoms with van der Waals surface area (Å²) in [5, 5.41) is 13.1. The number of hydrogen-bond acceptors (Lipinski definition) is 4. The first kappa shape index (κ1) is 18.6. The van der Waals surface area contributed by atoms with E-state index in [-0.39, 0.29) is 18.3 Å². The van der Waals surface area contributed by atoms with Crippen LogP contribution >= 0.6 is 11.3 Å². The SMILES string of the molecule is CN(CC(=O)Nc1sc2c(c1C#N)CCCCC2)Cc1ccc(F)cc1. The predicted molar refractivity (Wildman–Crippen MR) is 102 cm³/mol. The van der Waals surface area contributed by atoms with E-state index in [1.165, 1.54) is 23.4 Å². The van der Waals surface area contributed by atoms with Crippen molar-refractivity contribution < 1.29 is 9.18 Å². The van der Waals surface area contributed by atoms with Crippen molar-refractivity contribution in [2.24, 2.45) is 0 Å². The molecule has 1 aliphatic carbocycles. The summed E-state index contributed by atoms with van der Waals surface area (Å²) in [6, 6.07) is 8.55. The van der Waals surface area contributed by atoms with Gasteiger partial charge in [0, 0.05) is 11.4 Å². The molecule has 0 spiro atoms. The van der Waals surface area contributed by atoms with Gasteiger partial charge in [-0.1, -0.05) is 18.6 Å². The maximum atomic E-state index is 13.0. The Labute approximate surface area is 157 Å². The van der Waals surface area contributed by atoms with Crippen molar-refractivity contribution in [3.63, 3.8) is 0 Å². The Kier molecular flexibility index (Phi) is 6.02. The average molecular weight is 371 g/mol. The summed E-state index contributed by atoms with van der Waals surface area (Å²) >= 11 is 1.55. The van der Waals surface area contributed by atoms with Gasteiger partial charge in [-0.3, -0.25) is 9.69 Å². The molecule has 0 unspecified atom stereocenters. The Morgan fingerprint density at radius 1 is 1.27 bits per heavy atom. The Morgan fingerprint density at radius 2 is 2.00 bits per heavy atom. The third-order valence-electron chi connectivity index (χ3n) is 4.57. The highest BCUT2D eigenvalue weighted by molar-refractivity contribution is 7.16. The van der Waals surface area contributed by atoms with E-state index in [9.17, 15) is 14.4 Å². The molecule has 1 heterocycles. The zero-order chi connectivity index (χ0) is 18.5. The van der Waals surface area contributed by atoms with Gasteiger partial charge in [-0.25, -0.2) is 4.39 Å². The molecule has 4 nitrogen and oxygen atoms in total. The number of amides is 1. The molecule has 6 heteroatoms. The van der Waals surface area contributed by atoms with E-state index in [4.69, 9.17) is 0 Å².